The van der Waals surface area contributed by atoms with Crippen LogP contribution in [0.1, 0.15) is 62.6 Å². The molecule has 0 saturated heterocycles. The lowest BCUT2D eigenvalue weighted by atomic mass is 9.90. The number of carbonyl (C=O) groups is 2. The number of phenolic OH excluding ortho intramolecular Hbond substituents is 1. The summed E-state index contributed by atoms with van der Waals surface area (Å²) in [6, 6.07) is 11.2. The molecule has 2 atom stereocenters. The predicted molar refractivity (Wildman–Crippen MR) is 148 cm³/mol. The van der Waals surface area contributed by atoms with Crippen molar-refractivity contribution >= 4 is 35.2 Å². The van der Waals surface area contributed by atoms with Crippen molar-refractivity contribution in [3.63, 3.8) is 0 Å². The molecule has 202 valence electrons. The number of nitrogens with zero attached hydrogens (tertiary/aromatic N) is 2. The van der Waals surface area contributed by atoms with Crippen LogP contribution in [0.5, 0.6) is 5.75 Å². The van der Waals surface area contributed by atoms with Gasteiger partial charge < -0.3 is 20.5 Å². The Balaban J connectivity index is 1.66. The minimum atomic E-state index is -0.616. The number of aromatic nitrogens is 2. The number of phenols is 1. The average molecular weight is 559 g/mol. The molecule has 0 spiro atoms. The van der Waals surface area contributed by atoms with Crippen molar-refractivity contribution in [3.8, 4) is 22.8 Å². The van der Waals surface area contributed by atoms with Gasteiger partial charge in [-0.05, 0) is 83.0 Å². The number of benzene rings is 2. The fraction of sp³-hybridized carbons (Fsp3) is 0.393. The summed E-state index contributed by atoms with van der Waals surface area (Å²) in [5.41, 5.74) is 1.53. The van der Waals surface area contributed by atoms with E-state index in [9.17, 15) is 14.7 Å². The van der Waals surface area contributed by atoms with Gasteiger partial charge in [0, 0.05) is 22.3 Å². The highest BCUT2D eigenvalue weighted by Gasteiger charge is 2.31. The minimum absolute atomic E-state index is 0.122. The van der Waals surface area contributed by atoms with Gasteiger partial charge in [0.05, 0.1) is 16.8 Å². The first-order valence-electron chi connectivity index (χ1n) is 12.6. The van der Waals surface area contributed by atoms with E-state index < -0.39 is 11.7 Å². The lowest BCUT2D eigenvalue weighted by Crippen LogP contribution is -2.54. The van der Waals surface area contributed by atoms with Crippen molar-refractivity contribution in [3.05, 3.63) is 63.9 Å². The zero-order chi connectivity index (χ0) is 27.6. The number of amides is 2. The van der Waals surface area contributed by atoms with Crippen LogP contribution in [-0.2, 0) is 4.74 Å². The Morgan fingerprint density at radius 1 is 1.03 bits per heavy atom. The molecule has 2 amide bonds. The summed E-state index contributed by atoms with van der Waals surface area (Å²) in [4.78, 5) is 30.7. The first-order valence-corrected chi connectivity index (χ1v) is 13.3. The van der Waals surface area contributed by atoms with Crippen LogP contribution in [0.3, 0.4) is 0 Å². The number of imidazole rings is 1. The lowest BCUT2D eigenvalue weighted by Gasteiger charge is -2.33. The van der Waals surface area contributed by atoms with E-state index in [1.807, 2.05) is 25.3 Å². The Morgan fingerprint density at radius 3 is 2.26 bits per heavy atom. The zero-order valence-electron chi connectivity index (χ0n) is 21.8. The van der Waals surface area contributed by atoms with Gasteiger partial charge in [-0.2, -0.15) is 0 Å². The van der Waals surface area contributed by atoms with E-state index in [1.54, 1.807) is 49.4 Å². The first kappa shape index (κ1) is 27.8. The molecule has 8 nitrogen and oxygen atoms in total. The van der Waals surface area contributed by atoms with Crippen molar-refractivity contribution < 1.29 is 19.4 Å². The van der Waals surface area contributed by atoms with Gasteiger partial charge in [0.1, 0.15) is 22.9 Å². The predicted octanol–water partition coefficient (Wildman–Crippen LogP) is 6.43. The number of rotatable bonds is 5. The molecule has 0 unspecified atom stereocenters. The summed E-state index contributed by atoms with van der Waals surface area (Å²) in [6.07, 6.45) is 2.83. The molecule has 2 aromatic carbocycles. The maximum Gasteiger partial charge on any atom is 0.407 e. The zero-order valence-corrected chi connectivity index (χ0v) is 23.4. The lowest BCUT2D eigenvalue weighted by molar-refractivity contribution is 0.0474. The van der Waals surface area contributed by atoms with Crippen molar-refractivity contribution in [2.45, 2.75) is 71.1 Å². The van der Waals surface area contributed by atoms with Crippen LogP contribution in [0.25, 0.3) is 17.1 Å². The molecule has 1 saturated carbocycles. The SMILES string of the molecule is Cc1c(C(=O)N[C@H]2CCCC[C@H]2NC(=O)OC(C)(C)C)nc(-c2ccc(Cl)cc2Cl)n1-c1ccc(O)cc1. The number of hydrogen-bond donors (Lipinski definition) is 3. The Bertz CT molecular complexity index is 1330. The summed E-state index contributed by atoms with van der Waals surface area (Å²) in [5.74, 6) is 0.234. The fourth-order valence-corrected chi connectivity index (χ4v) is 5.15. The van der Waals surface area contributed by atoms with Gasteiger partial charge in [-0.15, -0.1) is 0 Å². The van der Waals surface area contributed by atoms with Crippen LogP contribution < -0.4 is 10.6 Å². The maximum absolute atomic E-state index is 13.6. The van der Waals surface area contributed by atoms with E-state index >= 15 is 0 Å². The summed E-state index contributed by atoms with van der Waals surface area (Å²) < 4.78 is 7.24. The van der Waals surface area contributed by atoms with Gasteiger partial charge in [-0.1, -0.05) is 36.0 Å². The number of nitrogens with one attached hydrogen (secondary N) is 2. The highest BCUT2D eigenvalue weighted by molar-refractivity contribution is 6.36. The van der Waals surface area contributed by atoms with Gasteiger partial charge in [-0.25, -0.2) is 9.78 Å². The summed E-state index contributed by atoms with van der Waals surface area (Å²) in [7, 11) is 0. The third-order valence-corrected chi connectivity index (χ3v) is 6.94. The van der Waals surface area contributed by atoms with E-state index in [0.29, 0.717) is 32.8 Å². The van der Waals surface area contributed by atoms with Crippen LogP contribution in [0, 0.1) is 6.92 Å². The summed E-state index contributed by atoms with van der Waals surface area (Å²) in [6.45, 7) is 7.23. The third kappa shape index (κ3) is 6.42. The monoisotopic (exact) mass is 558 g/mol. The summed E-state index contributed by atoms with van der Waals surface area (Å²) in [5, 5.41) is 16.7. The van der Waals surface area contributed by atoms with Gasteiger partial charge in [0.2, 0.25) is 0 Å². The molecular formula is C28H32Cl2N4O4. The first-order chi connectivity index (χ1) is 17.9. The van der Waals surface area contributed by atoms with E-state index in [4.69, 9.17) is 32.9 Å². The van der Waals surface area contributed by atoms with E-state index in [1.165, 1.54) is 0 Å². The van der Waals surface area contributed by atoms with Crippen molar-refractivity contribution in [2.24, 2.45) is 0 Å². The normalized spacial score (nSPS) is 17.6. The molecule has 1 aliphatic carbocycles. The van der Waals surface area contributed by atoms with Gasteiger partial charge in [0.25, 0.3) is 5.91 Å². The van der Waals surface area contributed by atoms with Gasteiger partial charge in [-0.3, -0.25) is 9.36 Å². The molecule has 38 heavy (non-hydrogen) atoms. The molecule has 1 aromatic heterocycles. The molecular weight excluding hydrogens is 527 g/mol. The van der Waals surface area contributed by atoms with Gasteiger partial charge in [0.15, 0.2) is 0 Å². The summed E-state index contributed by atoms with van der Waals surface area (Å²) >= 11 is 12.6. The third-order valence-electron chi connectivity index (χ3n) is 6.39. The number of alkyl carbamates (subject to hydrolysis) is 1. The molecule has 3 aromatic rings. The number of halogens is 2. The molecule has 0 bridgehead atoms. The number of hydrogen-bond acceptors (Lipinski definition) is 5. The van der Waals surface area contributed by atoms with Crippen LogP contribution in [0.4, 0.5) is 4.79 Å². The van der Waals surface area contributed by atoms with Crippen LogP contribution in [0.15, 0.2) is 42.5 Å². The minimum Gasteiger partial charge on any atom is -0.508 e. The number of aromatic hydroxyl groups is 1. The van der Waals surface area contributed by atoms with Gasteiger partial charge >= 0.3 is 6.09 Å². The number of ether oxygens (including phenoxy) is 1. The Morgan fingerprint density at radius 2 is 1.66 bits per heavy atom. The molecule has 1 heterocycles. The topological polar surface area (TPSA) is 105 Å². The molecule has 3 N–H and O–H groups in total. The van der Waals surface area contributed by atoms with Crippen LogP contribution >= 0.6 is 23.2 Å². The van der Waals surface area contributed by atoms with E-state index in [-0.39, 0.29) is 29.4 Å². The molecule has 4 rings (SSSR count). The van der Waals surface area contributed by atoms with Crippen LogP contribution in [-0.4, -0.2) is 44.3 Å². The second kappa shape index (κ2) is 11.3. The van der Waals surface area contributed by atoms with Crippen molar-refractivity contribution in [2.75, 3.05) is 0 Å². The van der Waals surface area contributed by atoms with Crippen molar-refractivity contribution in [1.29, 1.82) is 0 Å². The smallest absolute Gasteiger partial charge is 0.407 e. The molecule has 10 heteroatoms. The van der Waals surface area contributed by atoms with E-state index in [0.717, 1.165) is 25.7 Å². The number of carbonyl (C=O) groups excluding carboxylic acids is 2. The Kier molecular flexibility index (Phi) is 8.23. The second-order valence-electron chi connectivity index (χ2n) is 10.5. The Labute approximate surface area is 232 Å². The maximum atomic E-state index is 13.6. The molecule has 1 aliphatic rings. The average Bonchev–Trinajstić information content (AvgIpc) is 3.16. The Hall–Kier alpha value is -3.23. The molecule has 1 fully saturated rings. The van der Waals surface area contributed by atoms with E-state index in [2.05, 4.69) is 10.6 Å². The standard InChI is InChI=1S/C28H32Cl2N4O4/c1-16-24(26(36)31-22-7-5-6-8-23(22)32-27(37)38-28(2,3)4)33-25(20-14-9-17(29)15-21(20)30)34(16)18-10-12-19(35)13-11-18/h9-15,22-23,35H,5-8H2,1-4H3,(H,31,36)(H,32,37)/t22-,23+/m0/s1. The highest BCUT2D eigenvalue weighted by atomic mass is 35.5. The van der Waals surface area contributed by atoms with Crippen molar-refractivity contribution in [1.82, 2.24) is 20.2 Å². The quantitative estimate of drug-likeness (QED) is 0.334. The van der Waals surface area contributed by atoms with Crippen LogP contribution in [0.2, 0.25) is 10.0 Å². The largest absolute Gasteiger partial charge is 0.508 e. The second-order valence-corrected chi connectivity index (χ2v) is 11.3. The fourth-order valence-electron chi connectivity index (χ4n) is 4.66. The molecule has 0 radical (unpaired) electrons. The molecule has 0 aliphatic heterocycles. The highest BCUT2D eigenvalue weighted by Crippen LogP contribution is 2.33.